The molecule has 1 aromatic heterocycles. The molecule has 0 N–H and O–H groups in total. The molecule has 0 bridgehead atoms. The fourth-order valence-electron chi connectivity index (χ4n) is 3.31. The van der Waals surface area contributed by atoms with E-state index in [-0.39, 0.29) is 11.9 Å². The number of carbonyl (C=O) groups is 1. The maximum absolute atomic E-state index is 12.9. The average molecular weight is 372 g/mol. The third-order valence-corrected chi connectivity index (χ3v) is 5.40. The Morgan fingerprint density at radius 1 is 1.19 bits per heavy atom. The number of anilines is 1. The Hall–Kier alpha value is -2.34. The Kier molecular flexibility index (Phi) is 6.28. The number of nitrogens with zero attached hydrogens (tertiary/aromatic N) is 2. The van der Waals surface area contributed by atoms with Gasteiger partial charge in [0.2, 0.25) is 0 Å². The van der Waals surface area contributed by atoms with E-state index in [1.54, 1.807) is 26.5 Å². The number of thiazole rings is 1. The average Bonchev–Trinajstić information content (AvgIpc) is 3.21. The van der Waals surface area contributed by atoms with Crippen LogP contribution in [0.1, 0.15) is 37.7 Å². The molecule has 1 heterocycles. The normalized spacial score (nSPS) is 15.2. The summed E-state index contributed by atoms with van der Waals surface area (Å²) in [6, 6.07) is 5.83. The van der Waals surface area contributed by atoms with Crippen LogP contribution in [0.4, 0.5) is 5.13 Å². The molecule has 1 aliphatic rings. The van der Waals surface area contributed by atoms with E-state index in [4.69, 9.17) is 9.47 Å². The lowest BCUT2D eigenvalue weighted by atomic mass is 9.94. The van der Waals surface area contributed by atoms with E-state index in [9.17, 15) is 4.79 Å². The van der Waals surface area contributed by atoms with Gasteiger partial charge in [0.05, 0.1) is 14.2 Å². The highest BCUT2D eigenvalue weighted by atomic mass is 32.1. The Morgan fingerprint density at radius 3 is 2.62 bits per heavy atom. The number of methoxy groups -OCH3 is 2. The van der Waals surface area contributed by atoms with Gasteiger partial charge in [0.1, 0.15) is 0 Å². The fourth-order valence-corrected chi connectivity index (χ4v) is 4.03. The van der Waals surface area contributed by atoms with Gasteiger partial charge in [-0.25, -0.2) is 4.98 Å². The second-order valence-electron chi connectivity index (χ2n) is 6.26. The molecule has 1 aromatic carbocycles. The highest BCUT2D eigenvalue weighted by molar-refractivity contribution is 7.13. The molecule has 0 spiro atoms. The van der Waals surface area contributed by atoms with Crippen LogP contribution in [0.2, 0.25) is 0 Å². The minimum absolute atomic E-state index is 0.0263. The Bertz CT molecular complexity index is 752. The Balaban J connectivity index is 1.80. The first-order chi connectivity index (χ1) is 12.7. The van der Waals surface area contributed by atoms with E-state index in [2.05, 4.69) is 4.98 Å². The summed E-state index contributed by atoms with van der Waals surface area (Å²) in [6.45, 7) is 0. The second kappa shape index (κ2) is 8.85. The summed E-state index contributed by atoms with van der Waals surface area (Å²) >= 11 is 1.51. The number of amides is 1. The number of aromatic nitrogens is 1. The summed E-state index contributed by atoms with van der Waals surface area (Å²) in [5.41, 5.74) is 0.888. The van der Waals surface area contributed by atoms with E-state index in [1.165, 1.54) is 30.6 Å². The number of ether oxygens (including phenoxy) is 2. The quantitative estimate of drug-likeness (QED) is 0.699. The standard InChI is InChI=1S/C20H24N2O3S/c1-24-17-10-8-15(14-18(17)25-2)9-11-19(23)22(20-21-12-13-26-20)16-6-4-3-5-7-16/h8-14,16H,3-7H2,1-2H3/b11-9+. The summed E-state index contributed by atoms with van der Waals surface area (Å²) in [6.07, 6.45) is 10.8. The maximum atomic E-state index is 12.9. The molecule has 0 unspecified atom stereocenters. The summed E-state index contributed by atoms with van der Waals surface area (Å²) in [5.74, 6) is 1.29. The lowest BCUT2D eigenvalue weighted by Crippen LogP contribution is -2.40. The van der Waals surface area contributed by atoms with Crippen LogP contribution in [0.3, 0.4) is 0 Å². The van der Waals surface area contributed by atoms with Crippen LogP contribution in [0.5, 0.6) is 11.5 Å². The first-order valence-electron chi connectivity index (χ1n) is 8.85. The predicted octanol–water partition coefficient (Wildman–Crippen LogP) is 4.54. The van der Waals surface area contributed by atoms with Crippen molar-refractivity contribution in [2.24, 2.45) is 0 Å². The summed E-state index contributed by atoms with van der Waals surface area (Å²) in [4.78, 5) is 19.2. The van der Waals surface area contributed by atoms with Crippen molar-refractivity contribution < 1.29 is 14.3 Å². The molecule has 3 rings (SSSR count). The van der Waals surface area contributed by atoms with Crippen LogP contribution >= 0.6 is 11.3 Å². The molecule has 0 saturated heterocycles. The van der Waals surface area contributed by atoms with Crippen LogP contribution in [0, 0.1) is 0 Å². The molecular weight excluding hydrogens is 348 g/mol. The van der Waals surface area contributed by atoms with E-state index in [1.807, 2.05) is 34.6 Å². The van der Waals surface area contributed by atoms with E-state index >= 15 is 0 Å². The molecular formula is C20H24N2O3S. The highest BCUT2D eigenvalue weighted by Crippen LogP contribution is 2.30. The van der Waals surface area contributed by atoms with Gasteiger partial charge in [-0.15, -0.1) is 11.3 Å². The van der Waals surface area contributed by atoms with Gasteiger partial charge < -0.3 is 9.47 Å². The largest absolute Gasteiger partial charge is 0.493 e. The van der Waals surface area contributed by atoms with Crippen LogP contribution in [-0.2, 0) is 4.79 Å². The van der Waals surface area contributed by atoms with E-state index in [0.29, 0.717) is 11.5 Å². The fraction of sp³-hybridized carbons (Fsp3) is 0.400. The molecule has 1 aliphatic carbocycles. The Labute approximate surface area is 158 Å². The van der Waals surface area contributed by atoms with Gasteiger partial charge in [-0.05, 0) is 36.6 Å². The predicted molar refractivity (Wildman–Crippen MR) is 105 cm³/mol. The molecule has 138 valence electrons. The van der Waals surface area contributed by atoms with Gasteiger partial charge in [0.25, 0.3) is 5.91 Å². The third-order valence-electron chi connectivity index (χ3n) is 4.63. The number of rotatable bonds is 6. The highest BCUT2D eigenvalue weighted by Gasteiger charge is 2.27. The van der Waals surface area contributed by atoms with E-state index < -0.39 is 0 Å². The van der Waals surface area contributed by atoms with Gasteiger partial charge in [0, 0.05) is 23.7 Å². The van der Waals surface area contributed by atoms with Crippen molar-refractivity contribution in [1.82, 2.24) is 4.98 Å². The second-order valence-corrected chi connectivity index (χ2v) is 7.14. The lowest BCUT2D eigenvalue weighted by molar-refractivity contribution is -0.114. The van der Waals surface area contributed by atoms with Crippen molar-refractivity contribution in [3.63, 3.8) is 0 Å². The summed E-state index contributed by atoms with van der Waals surface area (Å²) < 4.78 is 10.6. The number of hydrogen-bond donors (Lipinski definition) is 0. The smallest absolute Gasteiger partial charge is 0.253 e. The van der Waals surface area contributed by atoms with Crippen molar-refractivity contribution in [1.29, 1.82) is 0 Å². The molecule has 1 fully saturated rings. The van der Waals surface area contributed by atoms with Crippen molar-refractivity contribution in [3.8, 4) is 11.5 Å². The molecule has 0 atom stereocenters. The van der Waals surface area contributed by atoms with Crippen molar-refractivity contribution in [2.75, 3.05) is 19.1 Å². The van der Waals surface area contributed by atoms with Crippen molar-refractivity contribution >= 4 is 28.5 Å². The van der Waals surface area contributed by atoms with Crippen LogP contribution in [-0.4, -0.2) is 31.2 Å². The SMILES string of the molecule is COc1ccc(/C=C/C(=O)N(c2nccs2)C2CCCCC2)cc1OC. The minimum atomic E-state index is -0.0263. The Morgan fingerprint density at radius 2 is 1.96 bits per heavy atom. The number of hydrogen-bond acceptors (Lipinski definition) is 5. The van der Waals surface area contributed by atoms with Crippen molar-refractivity contribution in [2.45, 2.75) is 38.1 Å². The topological polar surface area (TPSA) is 51.7 Å². The molecule has 0 radical (unpaired) electrons. The van der Waals surface area contributed by atoms with Gasteiger partial charge in [0.15, 0.2) is 16.6 Å². The molecule has 1 amide bonds. The number of benzene rings is 1. The molecule has 2 aromatic rings. The summed E-state index contributed by atoms with van der Waals surface area (Å²) in [7, 11) is 3.21. The molecule has 5 nitrogen and oxygen atoms in total. The zero-order valence-electron chi connectivity index (χ0n) is 15.2. The zero-order valence-corrected chi connectivity index (χ0v) is 16.0. The first-order valence-corrected chi connectivity index (χ1v) is 9.73. The van der Waals surface area contributed by atoms with E-state index in [0.717, 1.165) is 23.5 Å². The summed E-state index contributed by atoms with van der Waals surface area (Å²) in [5, 5.41) is 2.69. The molecule has 26 heavy (non-hydrogen) atoms. The lowest BCUT2D eigenvalue weighted by Gasteiger charge is -2.31. The van der Waals surface area contributed by atoms with Gasteiger partial charge in [-0.1, -0.05) is 25.3 Å². The van der Waals surface area contributed by atoms with Crippen LogP contribution < -0.4 is 14.4 Å². The zero-order chi connectivity index (χ0) is 18.4. The van der Waals surface area contributed by atoms with Gasteiger partial charge in [-0.3, -0.25) is 9.69 Å². The maximum Gasteiger partial charge on any atom is 0.253 e. The van der Waals surface area contributed by atoms with Crippen LogP contribution in [0.15, 0.2) is 35.9 Å². The van der Waals surface area contributed by atoms with Crippen LogP contribution in [0.25, 0.3) is 6.08 Å². The molecule has 6 heteroatoms. The minimum Gasteiger partial charge on any atom is -0.493 e. The van der Waals surface area contributed by atoms with Crippen molar-refractivity contribution in [3.05, 3.63) is 41.4 Å². The molecule has 0 aliphatic heterocycles. The molecule has 1 saturated carbocycles. The van der Waals surface area contributed by atoms with Gasteiger partial charge >= 0.3 is 0 Å². The monoisotopic (exact) mass is 372 g/mol. The third kappa shape index (κ3) is 4.25. The first kappa shape index (κ1) is 18.5. The number of carbonyl (C=O) groups excluding carboxylic acids is 1. The van der Waals surface area contributed by atoms with Gasteiger partial charge in [-0.2, -0.15) is 0 Å².